The molecule has 0 saturated heterocycles. The number of carbonyl (C=O) groups is 3. The van der Waals surface area contributed by atoms with E-state index in [1.54, 1.807) is 18.2 Å². The van der Waals surface area contributed by atoms with Crippen molar-refractivity contribution in [2.45, 2.75) is 6.42 Å². The summed E-state index contributed by atoms with van der Waals surface area (Å²) in [6.45, 7) is 0. The van der Waals surface area contributed by atoms with Crippen LogP contribution in [-0.2, 0) is 11.2 Å². The number of imide groups is 1. The fourth-order valence-electron chi connectivity index (χ4n) is 2.09. The Labute approximate surface area is 118 Å². The zero-order chi connectivity index (χ0) is 14.1. The summed E-state index contributed by atoms with van der Waals surface area (Å²) in [7, 11) is 0. The molecule has 2 heterocycles. The number of hydrogen-bond donors (Lipinski definition) is 2. The Morgan fingerprint density at radius 2 is 2.00 bits per heavy atom. The summed E-state index contributed by atoms with van der Waals surface area (Å²) in [6, 6.07) is 8.56. The number of carbonyl (C=O) groups excluding carboxylic acids is 3. The van der Waals surface area contributed by atoms with Crippen molar-refractivity contribution in [2.75, 3.05) is 5.32 Å². The molecule has 1 aliphatic rings. The highest BCUT2D eigenvalue weighted by Crippen LogP contribution is 2.24. The molecule has 0 bridgehead atoms. The van der Waals surface area contributed by atoms with Crippen LogP contribution in [0.25, 0.3) is 0 Å². The number of hydrogen-bond acceptors (Lipinski definition) is 4. The van der Waals surface area contributed by atoms with Crippen molar-refractivity contribution in [3.63, 3.8) is 0 Å². The van der Waals surface area contributed by atoms with Gasteiger partial charge in [-0.15, -0.1) is 11.3 Å². The summed E-state index contributed by atoms with van der Waals surface area (Å²) in [5.41, 5.74) is 0.897. The first kappa shape index (κ1) is 12.6. The van der Waals surface area contributed by atoms with Crippen LogP contribution in [0.3, 0.4) is 0 Å². The van der Waals surface area contributed by atoms with Gasteiger partial charge in [0.15, 0.2) is 0 Å². The minimum atomic E-state index is -0.475. The molecule has 0 unspecified atom stereocenters. The zero-order valence-corrected chi connectivity index (χ0v) is 11.1. The van der Waals surface area contributed by atoms with E-state index < -0.39 is 11.8 Å². The summed E-state index contributed by atoms with van der Waals surface area (Å²) in [4.78, 5) is 36.1. The standard InChI is InChI=1S/C14H10N2O3S/c17-11(7-8-3-2-6-20-8)15-10-5-1-4-9-12(10)14(19)16-13(9)18/h1-6H,7H2,(H,15,17)(H,16,18,19). The van der Waals surface area contributed by atoms with E-state index in [1.165, 1.54) is 11.3 Å². The van der Waals surface area contributed by atoms with E-state index in [4.69, 9.17) is 0 Å². The molecule has 5 nitrogen and oxygen atoms in total. The molecule has 20 heavy (non-hydrogen) atoms. The monoisotopic (exact) mass is 286 g/mol. The molecular weight excluding hydrogens is 276 g/mol. The SMILES string of the molecule is O=C(Cc1cccs1)Nc1cccc2c1C(=O)NC2=O. The van der Waals surface area contributed by atoms with E-state index in [1.807, 2.05) is 17.5 Å². The van der Waals surface area contributed by atoms with E-state index in [2.05, 4.69) is 10.6 Å². The summed E-state index contributed by atoms with van der Waals surface area (Å²) in [6.07, 6.45) is 0.247. The van der Waals surface area contributed by atoms with Gasteiger partial charge >= 0.3 is 0 Å². The normalized spacial score (nSPS) is 13.0. The Hall–Kier alpha value is -2.47. The number of anilines is 1. The Morgan fingerprint density at radius 1 is 1.15 bits per heavy atom. The van der Waals surface area contributed by atoms with Gasteiger partial charge < -0.3 is 5.32 Å². The summed E-state index contributed by atoms with van der Waals surface area (Å²) < 4.78 is 0. The second-order valence-electron chi connectivity index (χ2n) is 4.32. The van der Waals surface area contributed by atoms with E-state index in [0.717, 1.165) is 4.88 Å². The molecule has 0 aliphatic carbocycles. The van der Waals surface area contributed by atoms with Gasteiger partial charge in [-0.1, -0.05) is 12.1 Å². The lowest BCUT2D eigenvalue weighted by atomic mass is 10.1. The van der Waals surface area contributed by atoms with Crippen LogP contribution in [0, 0.1) is 0 Å². The quantitative estimate of drug-likeness (QED) is 0.845. The molecule has 1 aromatic heterocycles. The third-order valence-electron chi connectivity index (χ3n) is 2.95. The van der Waals surface area contributed by atoms with Crippen molar-refractivity contribution < 1.29 is 14.4 Å². The molecule has 100 valence electrons. The van der Waals surface area contributed by atoms with Crippen LogP contribution < -0.4 is 10.6 Å². The van der Waals surface area contributed by atoms with Gasteiger partial charge in [-0.25, -0.2) is 0 Å². The van der Waals surface area contributed by atoms with Crippen molar-refractivity contribution in [1.82, 2.24) is 5.32 Å². The van der Waals surface area contributed by atoms with E-state index in [9.17, 15) is 14.4 Å². The van der Waals surface area contributed by atoms with Gasteiger partial charge in [-0.2, -0.15) is 0 Å². The van der Waals surface area contributed by atoms with Crippen molar-refractivity contribution in [3.05, 3.63) is 51.7 Å². The van der Waals surface area contributed by atoms with Crippen molar-refractivity contribution >= 4 is 34.7 Å². The predicted molar refractivity (Wildman–Crippen MR) is 74.9 cm³/mol. The zero-order valence-electron chi connectivity index (χ0n) is 10.3. The lowest BCUT2D eigenvalue weighted by Gasteiger charge is -2.07. The maximum atomic E-state index is 11.9. The van der Waals surface area contributed by atoms with Crippen LogP contribution in [0.2, 0.25) is 0 Å². The third-order valence-corrected chi connectivity index (χ3v) is 3.83. The number of fused-ring (bicyclic) bond motifs is 1. The minimum absolute atomic E-state index is 0.215. The van der Waals surface area contributed by atoms with E-state index in [-0.39, 0.29) is 17.9 Å². The predicted octanol–water partition coefficient (Wildman–Crippen LogP) is 1.81. The number of rotatable bonds is 3. The van der Waals surface area contributed by atoms with Gasteiger partial charge in [0.25, 0.3) is 11.8 Å². The lowest BCUT2D eigenvalue weighted by Crippen LogP contribution is -2.21. The fraction of sp³-hybridized carbons (Fsp3) is 0.0714. The van der Waals surface area contributed by atoms with Gasteiger partial charge in [0.05, 0.1) is 23.2 Å². The Bertz CT molecular complexity index is 707. The maximum Gasteiger partial charge on any atom is 0.261 e. The highest BCUT2D eigenvalue weighted by Gasteiger charge is 2.29. The topological polar surface area (TPSA) is 75.3 Å². The smallest absolute Gasteiger partial charge is 0.261 e. The van der Waals surface area contributed by atoms with Gasteiger partial charge in [0, 0.05) is 4.88 Å². The highest BCUT2D eigenvalue weighted by atomic mass is 32.1. The molecule has 3 amide bonds. The minimum Gasteiger partial charge on any atom is -0.325 e. The molecule has 0 atom stereocenters. The van der Waals surface area contributed by atoms with E-state index >= 15 is 0 Å². The lowest BCUT2D eigenvalue weighted by molar-refractivity contribution is -0.115. The first-order valence-corrected chi connectivity index (χ1v) is 6.84. The average Bonchev–Trinajstić information content (AvgIpc) is 2.99. The summed E-state index contributed by atoms with van der Waals surface area (Å²) in [5, 5.41) is 6.80. The molecule has 2 aromatic rings. The Kier molecular flexibility index (Phi) is 3.08. The molecule has 0 saturated carbocycles. The summed E-state index contributed by atoms with van der Waals surface area (Å²) in [5.74, 6) is -1.12. The number of thiophene rings is 1. The van der Waals surface area contributed by atoms with Crippen LogP contribution in [0.4, 0.5) is 5.69 Å². The van der Waals surface area contributed by atoms with Crippen molar-refractivity contribution in [2.24, 2.45) is 0 Å². The largest absolute Gasteiger partial charge is 0.325 e. The number of amides is 3. The second-order valence-corrected chi connectivity index (χ2v) is 5.35. The van der Waals surface area contributed by atoms with Gasteiger partial charge in [0.1, 0.15) is 0 Å². The first-order valence-electron chi connectivity index (χ1n) is 5.96. The third kappa shape index (κ3) is 2.21. The molecular formula is C14H10N2O3S. The van der Waals surface area contributed by atoms with Crippen LogP contribution in [0.15, 0.2) is 35.7 Å². The van der Waals surface area contributed by atoms with Crippen LogP contribution in [0.1, 0.15) is 25.6 Å². The number of benzene rings is 1. The Morgan fingerprint density at radius 3 is 2.75 bits per heavy atom. The molecule has 0 fully saturated rings. The van der Waals surface area contributed by atoms with Gasteiger partial charge in [0.2, 0.25) is 5.91 Å². The van der Waals surface area contributed by atoms with Crippen molar-refractivity contribution in [1.29, 1.82) is 0 Å². The Balaban J connectivity index is 1.84. The molecule has 3 rings (SSSR count). The molecule has 2 N–H and O–H groups in total. The second kappa shape index (κ2) is 4.90. The molecule has 0 radical (unpaired) electrons. The van der Waals surface area contributed by atoms with Crippen LogP contribution >= 0.6 is 11.3 Å². The van der Waals surface area contributed by atoms with Crippen LogP contribution in [0.5, 0.6) is 0 Å². The molecule has 6 heteroatoms. The fourth-order valence-corrected chi connectivity index (χ4v) is 2.79. The van der Waals surface area contributed by atoms with E-state index in [0.29, 0.717) is 11.3 Å². The van der Waals surface area contributed by atoms with Crippen LogP contribution in [-0.4, -0.2) is 17.7 Å². The van der Waals surface area contributed by atoms with Gasteiger partial charge in [-0.05, 0) is 23.6 Å². The highest BCUT2D eigenvalue weighted by molar-refractivity contribution is 7.10. The molecule has 0 spiro atoms. The number of nitrogens with one attached hydrogen (secondary N) is 2. The summed E-state index contributed by atoms with van der Waals surface area (Å²) >= 11 is 1.49. The molecule has 1 aromatic carbocycles. The van der Waals surface area contributed by atoms with Gasteiger partial charge in [-0.3, -0.25) is 19.7 Å². The average molecular weight is 286 g/mol. The first-order chi connectivity index (χ1) is 9.65. The molecule has 1 aliphatic heterocycles. The maximum absolute atomic E-state index is 11.9. The van der Waals surface area contributed by atoms with Crippen molar-refractivity contribution in [3.8, 4) is 0 Å².